The summed E-state index contributed by atoms with van der Waals surface area (Å²) >= 11 is 0. The summed E-state index contributed by atoms with van der Waals surface area (Å²) in [6.45, 7) is 0. The molecule has 0 bridgehead atoms. The average Bonchev–Trinajstić information content (AvgIpc) is 1.58. The second-order valence-corrected chi connectivity index (χ2v) is 33.3. The van der Waals surface area contributed by atoms with Crippen LogP contribution >= 0.6 is 0 Å². The van der Waals surface area contributed by atoms with Crippen LogP contribution in [0.3, 0.4) is 0 Å². The fourth-order valence-electron chi connectivity index (χ4n) is 17.9. The summed E-state index contributed by atoms with van der Waals surface area (Å²) in [5.74, 6) is 7.48. The van der Waals surface area contributed by atoms with Crippen LogP contribution in [0.2, 0.25) is 0 Å². The van der Waals surface area contributed by atoms with Gasteiger partial charge in [0.1, 0.15) is 0 Å². The fraction of sp³-hybridized carbons (Fsp3) is 0. The molecule has 0 spiro atoms. The number of hydrogen-bond acceptors (Lipinski definition) is 17. The van der Waals surface area contributed by atoms with Crippen molar-refractivity contribution < 1.29 is 0 Å². The maximum absolute atomic E-state index is 10.4. The van der Waals surface area contributed by atoms with Crippen LogP contribution in [-0.4, -0.2) is 83.9 Å². The quantitative estimate of drug-likeness (QED) is 0.0729. The van der Waals surface area contributed by atoms with Gasteiger partial charge in [-0.2, -0.15) is 10.5 Å². The predicted octanol–water partition coefficient (Wildman–Crippen LogP) is 26.9. The molecule has 0 N–H and O–H groups in total. The van der Waals surface area contributed by atoms with Gasteiger partial charge in [0.2, 0.25) is 0 Å². The minimum absolute atomic E-state index is 0.397. The second-order valence-electron chi connectivity index (χ2n) is 33.3. The highest BCUT2D eigenvalue weighted by molar-refractivity contribution is 6.14. The molecular weight excluding hydrogens is 1700 g/mol. The molecule has 24 rings (SSSR count). The largest absolute Gasteiger partial charge is 0.309 e. The molecule has 19 heteroatoms. The van der Waals surface area contributed by atoms with Gasteiger partial charge < -0.3 is 9.13 Å². The van der Waals surface area contributed by atoms with Crippen molar-refractivity contribution in [3.05, 3.63) is 442 Å². The van der Waals surface area contributed by atoms with E-state index in [2.05, 4.69) is 130 Å². The summed E-state index contributed by atoms with van der Waals surface area (Å²) < 4.78 is 4.58. The number of hydrogen-bond donors (Lipinski definition) is 0. The van der Waals surface area contributed by atoms with Crippen molar-refractivity contribution in [1.29, 1.82) is 10.5 Å². The smallest absolute Gasteiger partial charge is 0.164 e. The van der Waals surface area contributed by atoms with Crippen molar-refractivity contribution in [3.8, 4) is 217 Å². The molecule has 138 heavy (non-hydrogen) atoms. The van der Waals surface area contributed by atoms with E-state index in [0.717, 1.165) is 150 Å². The van der Waals surface area contributed by atoms with E-state index in [1.165, 1.54) is 0 Å². The molecule has 0 aliphatic carbocycles. The van der Waals surface area contributed by atoms with Crippen LogP contribution in [0.4, 0.5) is 0 Å². The first kappa shape index (κ1) is 81.6. The van der Waals surface area contributed by atoms with E-state index in [0.29, 0.717) is 110 Å². The zero-order chi connectivity index (χ0) is 91.9. The van der Waals surface area contributed by atoms with Gasteiger partial charge >= 0.3 is 0 Å². The van der Waals surface area contributed by atoms with Crippen molar-refractivity contribution in [2.45, 2.75) is 0 Å². The molecule has 19 nitrogen and oxygen atoms in total. The summed E-state index contributed by atoms with van der Waals surface area (Å²) in [7, 11) is 0. The van der Waals surface area contributed by atoms with Crippen LogP contribution < -0.4 is 0 Å². The topological polar surface area (TPSA) is 251 Å². The molecule has 0 fully saturated rings. The highest BCUT2D eigenvalue weighted by Crippen LogP contribution is 2.46. The monoisotopic (exact) mass is 1770 g/mol. The number of aromatic nitrogens is 17. The molecule has 0 aliphatic heterocycles. The van der Waals surface area contributed by atoms with Crippen LogP contribution in [0.1, 0.15) is 11.1 Å². The van der Waals surface area contributed by atoms with Crippen LogP contribution in [0.5, 0.6) is 0 Å². The second kappa shape index (κ2) is 35.2. The number of rotatable bonds is 19. The molecular formula is C119H71N19. The maximum Gasteiger partial charge on any atom is 0.164 e. The van der Waals surface area contributed by atoms with Gasteiger partial charge in [0.15, 0.2) is 87.4 Å². The van der Waals surface area contributed by atoms with Crippen molar-refractivity contribution >= 4 is 43.6 Å². The summed E-state index contributed by atoms with van der Waals surface area (Å²) in [4.78, 5) is 78.7. The molecule has 17 aromatic carbocycles. The Balaban J connectivity index is 0.695. The van der Waals surface area contributed by atoms with E-state index in [4.69, 9.17) is 74.8 Å². The normalized spacial score (nSPS) is 11.3. The van der Waals surface area contributed by atoms with Gasteiger partial charge in [0.05, 0.1) is 56.7 Å². The van der Waals surface area contributed by atoms with Gasteiger partial charge in [-0.15, -0.1) is 0 Å². The highest BCUT2D eigenvalue weighted by Gasteiger charge is 2.27. The van der Waals surface area contributed by atoms with Gasteiger partial charge in [-0.25, -0.2) is 74.8 Å². The fourth-order valence-corrected chi connectivity index (χ4v) is 17.9. The first-order valence-corrected chi connectivity index (χ1v) is 45.0. The third-order valence-corrected chi connectivity index (χ3v) is 24.7. The van der Waals surface area contributed by atoms with E-state index in [1.54, 1.807) is 0 Å². The standard InChI is InChI=1S/C119H71N19/c120-72-74-46-50-76(51-47-74)93-66-87(54-60-99(93)137-101-62-56-89(116-126-105(78-28-10-1-11-29-78)122-106(127-116)79-30-12-2-13-31-79)68-95(101)96-69-90(57-63-102(96)137)117-128-107(80-32-14-3-15-33-80)123-108(129-117)81-34-16-4-17-35-81)114-134-113(86-44-26-9-27-45-86)135-115(136-114)88-55-61-100(94(67-88)77-52-48-75(73-121)49-53-77)138-103-64-58-91(118-130-109(82-36-18-5-19-37-82)124-110(131-118)83-38-20-6-21-39-83)70-97(103)98-71-92(59-65-104(98)138)119-132-111(84-40-22-7-23-41-84)125-112(133-119)85-42-24-8-25-43-85/h1-71H. The lowest BCUT2D eigenvalue weighted by Gasteiger charge is -2.17. The lowest BCUT2D eigenvalue weighted by molar-refractivity contribution is 1.07. The van der Waals surface area contributed by atoms with E-state index in [1.807, 2.05) is 322 Å². The Kier molecular flexibility index (Phi) is 20.8. The van der Waals surface area contributed by atoms with E-state index in [-0.39, 0.29) is 0 Å². The molecule has 0 saturated carbocycles. The minimum atomic E-state index is 0.397. The Hall–Kier alpha value is -19.6. The van der Waals surface area contributed by atoms with Gasteiger partial charge in [-0.3, -0.25) is 0 Å². The van der Waals surface area contributed by atoms with Crippen molar-refractivity contribution in [3.63, 3.8) is 0 Å². The SMILES string of the molecule is N#Cc1ccc(-c2cc(-c3nc(-c4ccccc4)nc(-c4ccc(-n5c6ccc(-c7nc(-c8ccccc8)nc(-c8ccccc8)n7)cc6c6cc(-c7nc(-c8ccccc8)nc(-c8ccccc8)n7)ccc65)c(-c5ccc(C#N)cc5)c4)n3)ccc2-n2c3ccc(-c4nc(-c5ccccc5)nc(-c5ccccc5)n4)cc3c3cc(-c4nc(-c5ccccc5)nc(-c5ccccc5)n4)ccc32)cc1. The summed E-state index contributed by atoms with van der Waals surface area (Å²) in [6.07, 6.45) is 0. The molecule has 0 atom stereocenters. The van der Waals surface area contributed by atoms with Crippen LogP contribution in [0.25, 0.3) is 248 Å². The molecule has 0 unspecified atom stereocenters. The Morgan fingerprint density at radius 2 is 0.297 bits per heavy atom. The number of fused-ring (bicyclic) bond motifs is 6. The molecule has 7 aromatic heterocycles. The van der Waals surface area contributed by atoms with Crippen LogP contribution in [-0.2, 0) is 0 Å². The van der Waals surface area contributed by atoms with Crippen molar-refractivity contribution in [1.82, 2.24) is 83.9 Å². The lowest BCUT2D eigenvalue weighted by atomic mass is 9.98. The van der Waals surface area contributed by atoms with E-state index >= 15 is 0 Å². The van der Waals surface area contributed by atoms with Gasteiger partial charge in [0.25, 0.3) is 0 Å². The molecule has 0 amide bonds. The van der Waals surface area contributed by atoms with Crippen LogP contribution in [0.15, 0.2) is 431 Å². The molecule has 0 aliphatic rings. The number of benzene rings is 17. The first-order chi connectivity index (χ1) is 68.2. The third-order valence-electron chi connectivity index (χ3n) is 24.7. The Bertz CT molecular complexity index is 7820. The van der Waals surface area contributed by atoms with Gasteiger partial charge in [-0.05, 0) is 145 Å². The summed E-state index contributed by atoms with van der Waals surface area (Å²) in [5.41, 5.74) is 21.4. The summed E-state index contributed by atoms with van der Waals surface area (Å²) in [6, 6.07) is 148. The van der Waals surface area contributed by atoms with Crippen molar-refractivity contribution in [2.24, 2.45) is 0 Å². The molecule has 0 radical (unpaired) electrons. The van der Waals surface area contributed by atoms with E-state index in [9.17, 15) is 10.5 Å². The van der Waals surface area contributed by atoms with Gasteiger partial charge in [0, 0.05) is 116 Å². The molecule has 0 saturated heterocycles. The maximum atomic E-state index is 10.4. The zero-order valence-corrected chi connectivity index (χ0v) is 73.5. The van der Waals surface area contributed by atoms with Crippen molar-refractivity contribution in [2.75, 3.05) is 0 Å². The first-order valence-electron chi connectivity index (χ1n) is 45.0. The Labute approximate surface area is 791 Å². The molecule has 24 aromatic rings. The molecule has 642 valence electrons. The highest BCUT2D eigenvalue weighted by atomic mass is 15.1. The minimum Gasteiger partial charge on any atom is -0.309 e. The number of nitrogens with zero attached hydrogens (tertiary/aromatic N) is 19. The average molecular weight is 1770 g/mol. The van der Waals surface area contributed by atoms with E-state index < -0.39 is 0 Å². The third kappa shape index (κ3) is 15.7. The predicted molar refractivity (Wildman–Crippen MR) is 544 cm³/mol. The van der Waals surface area contributed by atoms with Crippen LogP contribution in [0, 0.1) is 22.7 Å². The number of nitriles is 2. The Morgan fingerprint density at radius 3 is 0.471 bits per heavy atom. The van der Waals surface area contributed by atoms with Gasteiger partial charge in [-0.1, -0.05) is 297 Å². The summed E-state index contributed by atoms with van der Waals surface area (Å²) in [5, 5.41) is 24.4. The zero-order valence-electron chi connectivity index (χ0n) is 73.5. The Morgan fingerprint density at radius 1 is 0.145 bits per heavy atom. The lowest BCUT2D eigenvalue weighted by Crippen LogP contribution is -2.03. The molecule has 7 heterocycles.